The molecular formula is C22H36N2O3. The van der Waals surface area contributed by atoms with Gasteiger partial charge in [-0.15, -0.1) is 0 Å². The zero-order valence-electron chi connectivity index (χ0n) is 17.3. The molecule has 5 nitrogen and oxygen atoms in total. The largest absolute Gasteiger partial charge is 0.483 e. The van der Waals surface area contributed by atoms with Crippen LogP contribution in [0.5, 0.6) is 0 Å². The Morgan fingerprint density at radius 1 is 1.15 bits per heavy atom. The molecule has 2 aliphatic rings. The lowest BCUT2D eigenvalue weighted by Gasteiger charge is -2.48. The number of ether oxygens (including phenoxy) is 1. The van der Waals surface area contributed by atoms with Crippen LogP contribution in [0.4, 0.5) is 0 Å². The fourth-order valence-electron chi connectivity index (χ4n) is 4.01. The predicted octanol–water partition coefficient (Wildman–Crippen LogP) is 3.66. The number of piperidine rings is 1. The van der Waals surface area contributed by atoms with Crippen molar-refractivity contribution in [1.82, 2.24) is 9.80 Å². The van der Waals surface area contributed by atoms with E-state index in [1.807, 2.05) is 0 Å². The summed E-state index contributed by atoms with van der Waals surface area (Å²) in [5, 5.41) is 6.89. The summed E-state index contributed by atoms with van der Waals surface area (Å²) in [6.45, 7) is 14.7. The molecule has 2 fully saturated rings. The van der Waals surface area contributed by atoms with Gasteiger partial charge in [0.05, 0.1) is 12.2 Å². The maximum atomic E-state index is 8.36. The van der Waals surface area contributed by atoms with Gasteiger partial charge < -0.3 is 14.7 Å². The number of benzene rings is 1. The number of nitrogens with zero attached hydrogens (tertiary/aromatic N) is 2. The fraction of sp³-hybridized carbons (Fsp3) is 0.682. The molecule has 27 heavy (non-hydrogen) atoms. The summed E-state index contributed by atoms with van der Waals surface area (Å²) in [7, 11) is 0. The van der Waals surface area contributed by atoms with Gasteiger partial charge in [-0.2, -0.15) is 0 Å². The number of hydrogen-bond acceptors (Lipinski definition) is 4. The van der Waals surface area contributed by atoms with Crippen molar-refractivity contribution in [1.29, 1.82) is 0 Å². The Hall–Kier alpha value is -1.43. The molecule has 0 aliphatic carbocycles. The summed E-state index contributed by atoms with van der Waals surface area (Å²) in [5.41, 5.74) is 1.50. The van der Waals surface area contributed by atoms with Crippen molar-refractivity contribution < 1.29 is 14.6 Å². The van der Waals surface area contributed by atoms with E-state index in [4.69, 9.17) is 14.6 Å². The monoisotopic (exact) mass is 376 g/mol. The maximum absolute atomic E-state index is 8.36. The third kappa shape index (κ3) is 6.30. The van der Waals surface area contributed by atoms with Gasteiger partial charge in [-0.05, 0) is 43.5 Å². The third-order valence-electron chi connectivity index (χ3n) is 5.79. The molecule has 1 aromatic rings. The van der Waals surface area contributed by atoms with Gasteiger partial charge in [0, 0.05) is 19.1 Å². The van der Waals surface area contributed by atoms with Gasteiger partial charge in [0.1, 0.15) is 0 Å². The van der Waals surface area contributed by atoms with E-state index in [0.717, 1.165) is 13.1 Å². The Morgan fingerprint density at radius 3 is 2.26 bits per heavy atom. The van der Waals surface area contributed by atoms with E-state index < -0.39 is 0 Å². The van der Waals surface area contributed by atoms with Crippen LogP contribution < -0.4 is 0 Å². The van der Waals surface area contributed by atoms with Crippen molar-refractivity contribution >= 4 is 6.47 Å². The van der Waals surface area contributed by atoms with Crippen LogP contribution in [0.25, 0.3) is 0 Å². The molecule has 0 radical (unpaired) electrons. The number of carboxylic acid groups (broad SMARTS) is 1. The highest BCUT2D eigenvalue weighted by molar-refractivity contribution is 5.32. The summed E-state index contributed by atoms with van der Waals surface area (Å²) in [5.74, 6) is 0. The molecule has 3 rings (SSSR count). The number of carbonyl (C=O) groups is 1. The maximum Gasteiger partial charge on any atom is 0.290 e. The van der Waals surface area contributed by atoms with Crippen LogP contribution in [0, 0.1) is 5.41 Å². The first-order valence-electron chi connectivity index (χ1n) is 10.1. The molecule has 0 aromatic heterocycles. The highest BCUT2D eigenvalue weighted by atomic mass is 16.5. The van der Waals surface area contributed by atoms with Crippen LogP contribution in [-0.4, -0.2) is 66.2 Å². The lowest BCUT2D eigenvalue weighted by molar-refractivity contribution is -0.141. The average Bonchev–Trinajstić information content (AvgIpc) is 2.68. The van der Waals surface area contributed by atoms with Gasteiger partial charge in [0.25, 0.3) is 6.47 Å². The van der Waals surface area contributed by atoms with E-state index in [1.165, 1.54) is 38.0 Å². The van der Waals surface area contributed by atoms with Crippen molar-refractivity contribution in [3.63, 3.8) is 0 Å². The molecule has 2 saturated heterocycles. The number of rotatable bonds is 3. The molecule has 2 heterocycles. The van der Waals surface area contributed by atoms with E-state index in [-0.39, 0.29) is 18.0 Å². The van der Waals surface area contributed by atoms with Gasteiger partial charge in [0.15, 0.2) is 0 Å². The Morgan fingerprint density at radius 2 is 1.74 bits per heavy atom. The van der Waals surface area contributed by atoms with Crippen molar-refractivity contribution in [2.75, 3.05) is 32.7 Å². The fourth-order valence-corrected chi connectivity index (χ4v) is 4.01. The zero-order chi connectivity index (χ0) is 19.9. The van der Waals surface area contributed by atoms with Crippen LogP contribution in [0.15, 0.2) is 30.3 Å². The van der Waals surface area contributed by atoms with Crippen molar-refractivity contribution in [3.05, 3.63) is 35.9 Å². The van der Waals surface area contributed by atoms with Crippen LogP contribution in [0.2, 0.25) is 0 Å². The van der Waals surface area contributed by atoms with Crippen LogP contribution in [0.3, 0.4) is 0 Å². The molecule has 2 aliphatic heterocycles. The van der Waals surface area contributed by atoms with Crippen molar-refractivity contribution in [2.45, 2.75) is 58.8 Å². The third-order valence-corrected chi connectivity index (χ3v) is 5.79. The first kappa shape index (κ1) is 21.9. The Labute approximate surface area is 164 Å². The molecule has 0 saturated carbocycles. The second kappa shape index (κ2) is 10.2. The normalized spacial score (nSPS) is 25.5. The average molecular weight is 377 g/mol. The van der Waals surface area contributed by atoms with E-state index in [0.29, 0.717) is 12.1 Å². The molecule has 152 valence electrons. The highest BCUT2D eigenvalue weighted by Crippen LogP contribution is 2.35. The first-order valence-corrected chi connectivity index (χ1v) is 10.1. The Balaban J connectivity index is 0.000000817. The quantitative estimate of drug-likeness (QED) is 0.816. The van der Waals surface area contributed by atoms with Gasteiger partial charge in [-0.25, -0.2) is 0 Å². The summed E-state index contributed by atoms with van der Waals surface area (Å²) in [6.07, 6.45) is 3.09. The molecule has 0 spiro atoms. The summed E-state index contributed by atoms with van der Waals surface area (Å²) in [4.78, 5) is 13.7. The molecule has 2 atom stereocenters. The summed E-state index contributed by atoms with van der Waals surface area (Å²) < 4.78 is 6.55. The zero-order valence-corrected chi connectivity index (χ0v) is 17.3. The second-order valence-corrected chi connectivity index (χ2v) is 8.61. The molecular weight excluding hydrogens is 340 g/mol. The van der Waals surface area contributed by atoms with E-state index in [2.05, 4.69) is 67.8 Å². The van der Waals surface area contributed by atoms with Crippen LogP contribution in [-0.2, 0) is 9.53 Å². The lowest BCUT2D eigenvalue weighted by atomic mass is 9.86. The van der Waals surface area contributed by atoms with Crippen LogP contribution in [0.1, 0.15) is 52.2 Å². The molecule has 1 aromatic carbocycles. The Kier molecular flexibility index (Phi) is 8.27. The molecule has 0 amide bonds. The van der Waals surface area contributed by atoms with Crippen molar-refractivity contribution in [3.8, 4) is 0 Å². The highest BCUT2D eigenvalue weighted by Gasteiger charge is 2.38. The number of morpholine rings is 1. The van der Waals surface area contributed by atoms with Crippen molar-refractivity contribution in [2.24, 2.45) is 5.41 Å². The Bertz CT molecular complexity index is 550. The standard InChI is InChI=1S/C21H34N2O.CH2O2/c1-5-22-13-11-18(12-14-22)23-15-19(17-9-7-6-8-10-17)24-20(16-23)21(2,3)4;2-1-3/h6-10,18-20H,5,11-16H2,1-4H3;1H,(H,2,3)/t19-,20+;/m0./s1. The summed E-state index contributed by atoms with van der Waals surface area (Å²) >= 11 is 0. The minimum atomic E-state index is -0.250. The van der Waals surface area contributed by atoms with Gasteiger partial charge in [0.2, 0.25) is 0 Å². The summed E-state index contributed by atoms with van der Waals surface area (Å²) in [6, 6.07) is 11.5. The molecule has 0 unspecified atom stereocenters. The first-order chi connectivity index (χ1) is 12.9. The number of hydrogen-bond donors (Lipinski definition) is 1. The molecule has 1 N–H and O–H groups in total. The lowest BCUT2D eigenvalue weighted by Crippen LogP contribution is -2.54. The van der Waals surface area contributed by atoms with E-state index in [1.54, 1.807) is 0 Å². The number of likely N-dealkylation sites (tertiary alicyclic amines) is 1. The smallest absolute Gasteiger partial charge is 0.290 e. The van der Waals surface area contributed by atoms with E-state index in [9.17, 15) is 0 Å². The molecule has 5 heteroatoms. The molecule has 0 bridgehead atoms. The second-order valence-electron chi connectivity index (χ2n) is 8.61. The van der Waals surface area contributed by atoms with Gasteiger partial charge >= 0.3 is 0 Å². The topological polar surface area (TPSA) is 53.0 Å². The minimum absolute atomic E-state index is 0.176. The van der Waals surface area contributed by atoms with Gasteiger partial charge in [-0.1, -0.05) is 58.0 Å². The van der Waals surface area contributed by atoms with E-state index >= 15 is 0 Å². The SMILES string of the molecule is CCN1CCC(N2C[C@@H](c3ccccc3)O[C@@H](C(C)(C)C)C2)CC1.O=CO. The van der Waals surface area contributed by atoms with Gasteiger partial charge in [-0.3, -0.25) is 9.69 Å². The predicted molar refractivity (Wildman–Crippen MR) is 109 cm³/mol. The van der Waals surface area contributed by atoms with Crippen LogP contribution >= 0.6 is 0 Å². The minimum Gasteiger partial charge on any atom is -0.483 e.